The van der Waals surface area contributed by atoms with Crippen molar-refractivity contribution >= 4 is 16.7 Å². The Balaban J connectivity index is 1.90. The molecule has 0 spiro atoms. The van der Waals surface area contributed by atoms with Gasteiger partial charge in [0.2, 0.25) is 0 Å². The Morgan fingerprint density at radius 1 is 1.18 bits per heavy atom. The van der Waals surface area contributed by atoms with Gasteiger partial charge in [-0.05, 0) is 18.6 Å². The third kappa shape index (κ3) is 2.73. The number of nitrogens with one attached hydrogen (secondary N) is 1. The molecule has 0 aliphatic rings. The van der Waals surface area contributed by atoms with Gasteiger partial charge in [-0.15, -0.1) is 0 Å². The highest BCUT2D eigenvalue weighted by Gasteiger charge is 2.17. The van der Waals surface area contributed by atoms with E-state index in [9.17, 15) is 4.79 Å². The summed E-state index contributed by atoms with van der Waals surface area (Å²) in [5, 5.41) is 0.841. The molecule has 0 radical (unpaired) electrons. The minimum atomic E-state index is -0.520. The van der Waals surface area contributed by atoms with Gasteiger partial charge in [0, 0.05) is 17.1 Å². The molecule has 0 aliphatic carbocycles. The second kappa shape index (κ2) is 6.03. The van der Waals surface area contributed by atoms with Gasteiger partial charge < -0.3 is 15.5 Å². The number of nitrogens with two attached hydrogens (primary N) is 1. The molecule has 0 aliphatic heterocycles. The van der Waals surface area contributed by atoms with Crippen molar-refractivity contribution in [1.29, 1.82) is 0 Å². The van der Waals surface area contributed by atoms with Crippen LogP contribution < -0.4 is 10.5 Å². The molecule has 1 atom stereocenters. The summed E-state index contributed by atoms with van der Waals surface area (Å²) in [7, 11) is 0. The number of carbonyl (C=O) groups is 1. The summed E-state index contributed by atoms with van der Waals surface area (Å²) in [5.74, 6) is 0.650. The second-order valence-corrected chi connectivity index (χ2v) is 5.31. The van der Waals surface area contributed by atoms with E-state index in [0.717, 1.165) is 22.2 Å². The van der Waals surface area contributed by atoms with Crippen molar-refractivity contribution in [2.45, 2.75) is 19.6 Å². The summed E-state index contributed by atoms with van der Waals surface area (Å²) in [6, 6.07) is 15.1. The molecule has 22 heavy (non-hydrogen) atoms. The fraction of sp³-hybridized carbons (Fsp3) is 0.167. The number of hydrogen-bond donors (Lipinski definition) is 2. The van der Waals surface area contributed by atoms with E-state index in [1.165, 1.54) is 0 Å². The number of H-pyrrole nitrogens is 1. The van der Waals surface area contributed by atoms with Crippen molar-refractivity contribution in [1.82, 2.24) is 4.98 Å². The minimum absolute atomic E-state index is 0.0774. The SMILES string of the molecule is C[C@@H](N)C(=O)c1c[nH]c2c(OCc3ccccc3)cccc12. The summed E-state index contributed by atoms with van der Waals surface area (Å²) < 4.78 is 5.89. The highest BCUT2D eigenvalue weighted by atomic mass is 16.5. The first-order chi connectivity index (χ1) is 10.7. The van der Waals surface area contributed by atoms with Crippen molar-refractivity contribution in [3.05, 3.63) is 65.9 Å². The van der Waals surface area contributed by atoms with E-state index >= 15 is 0 Å². The van der Waals surface area contributed by atoms with Crippen LogP contribution >= 0.6 is 0 Å². The lowest BCUT2D eigenvalue weighted by atomic mass is 10.1. The summed E-state index contributed by atoms with van der Waals surface area (Å²) in [6.45, 7) is 2.17. The fourth-order valence-corrected chi connectivity index (χ4v) is 2.43. The monoisotopic (exact) mass is 294 g/mol. The summed E-state index contributed by atoms with van der Waals surface area (Å²) >= 11 is 0. The molecule has 4 nitrogen and oxygen atoms in total. The smallest absolute Gasteiger partial charge is 0.181 e. The molecule has 0 saturated carbocycles. The van der Waals surface area contributed by atoms with Gasteiger partial charge in [0.15, 0.2) is 5.78 Å². The number of Topliss-reactive ketones (excluding diaryl/α,β-unsaturated/α-hetero) is 1. The number of aromatic amines is 1. The van der Waals surface area contributed by atoms with Gasteiger partial charge in [0.25, 0.3) is 0 Å². The van der Waals surface area contributed by atoms with Gasteiger partial charge in [0.05, 0.1) is 11.6 Å². The number of hydrogen-bond acceptors (Lipinski definition) is 3. The van der Waals surface area contributed by atoms with E-state index in [0.29, 0.717) is 12.2 Å². The number of aromatic nitrogens is 1. The summed E-state index contributed by atoms with van der Waals surface area (Å²) in [4.78, 5) is 15.3. The predicted molar refractivity (Wildman–Crippen MR) is 87.1 cm³/mol. The number of para-hydroxylation sites is 1. The molecule has 3 rings (SSSR count). The third-order valence-corrected chi connectivity index (χ3v) is 3.59. The highest BCUT2D eigenvalue weighted by Crippen LogP contribution is 2.28. The Kier molecular flexibility index (Phi) is 3.94. The number of fused-ring (bicyclic) bond motifs is 1. The highest BCUT2D eigenvalue weighted by molar-refractivity contribution is 6.11. The van der Waals surface area contributed by atoms with Crippen LogP contribution in [0.25, 0.3) is 10.9 Å². The molecule has 0 bridgehead atoms. The van der Waals surface area contributed by atoms with Gasteiger partial charge in [-0.1, -0.05) is 42.5 Å². The fourth-order valence-electron chi connectivity index (χ4n) is 2.43. The average Bonchev–Trinajstić information content (AvgIpc) is 2.97. The molecule has 2 aromatic carbocycles. The Labute approximate surface area is 128 Å². The number of ketones is 1. The van der Waals surface area contributed by atoms with E-state index in [1.54, 1.807) is 13.1 Å². The Hall–Kier alpha value is -2.59. The summed E-state index contributed by atoms with van der Waals surface area (Å²) in [6.07, 6.45) is 1.70. The molecule has 3 N–H and O–H groups in total. The summed E-state index contributed by atoms with van der Waals surface area (Å²) in [5.41, 5.74) is 8.22. The maximum Gasteiger partial charge on any atom is 0.181 e. The standard InChI is InChI=1S/C18H18N2O2/c1-12(19)18(21)15-10-20-17-14(15)8-5-9-16(17)22-11-13-6-3-2-4-7-13/h2-10,12,20H,11,19H2,1H3/t12-/m1/s1. The van der Waals surface area contributed by atoms with Crippen molar-refractivity contribution < 1.29 is 9.53 Å². The van der Waals surface area contributed by atoms with Gasteiger partial charge >= 0.3 is 0 Å². The van der Waals surface area contributed by atoms with Crippen LogP contribution in [0.2, 0.25) is 0 Å². The molecular weight excluding hydrogens is 276 g/mol. The zero-order valence-corrected chi connectivity index (χ0v) is 12.4. The first-order valence-electron chi connectivity index (χ1n) is 7.23. The molecular formula is C18H18N2O2. The zero-order chi connectivity index (χ0) is 15.5. The van der Waals surface area contributed by atoms with Crippen molar-refractivity contribution in [2.24, 2.45) is 5.73 Å². The molecule has 3 aromatic rings. The lowest BCUT2D eigenvalue weighted by Gasteiger charge is -2.08. The maximum atomic E-state index is 12.1. The van der Waals surface area contributed by atoms with Gasteiger partial charge in [-0.25, -0.2) is 0 Å². The van der Waals surface area contributed by atoms with Crippen molar-refractivity contribution in [3.8, 4) is 5.75 Å². The van der Waals surface area contributed by atoms with Crippen LogP contribution in [-0.2, 0) is 6.61 Å². The number of rotatable bonds is 5. The molecule has 1 heterocycles. The quantitative estimate of drug-likeness (QED) is 0.710. The molecule has 0 saturated heterocycles. The Morgan fingerprint density at radius 3 is 2.68 bits per heavy atom. The first kappa shape index (κ1) is 14.4. The normalized spacial score (nSPS) is 12.3. The molecule has 0 fully saturated rings. The van der Waals surface area contributed by atoms with Gasteiger partial charge in [-0.3, -0.25) is 4.79 Å². The molecule has 112 valence electrons. The largest absolute Gasteiger partial charge is 0.487 e. The maximum absolute atomic E-state index is 12.1. The van der Waals surface area contributed by atoms with E-state index in [1.807, 2.05) is 48.5 Å². The van der Waals surface area contributed by atoms with Gasteiger partial charge in [0.1, 0.15) is 12.4 Å². The van der Waals surface area contributed by atoms with E-state index in [-0.39, 0.29) is 5.78 Å². The molecule has 4 heteroatoms. The Bertz CT molecular complexity index is 791. The predicted octanol–water partition coefficient (Wildman–Crippen LogP) is 3.28. The van der Waals surface area contributed by atoms with Gasteiger partial charge in [-0.2, -0.15) is 0 Å². The lowest BCUT2D eigenvalue weighted by Crippen LogP contribution is -2.26. The van der Waals surface area contributed by atoms with Crippen LogP contribution in [-0.4, -0.2) is 16.8 Å². The van der Waals surface area contributed by atoms with Crippen LogP contribution in [0.5, 0.6) is 5.75 Å². The third-order valence-electron chi connectivity index (χ3n) is 3.59. The molecule has 0 unspecified atom stereocenters. The first-order valence-corrected chi connectivity index (χ1v) is 7.23. The van der Waals surface area contributed by atoms with Crippen LogP contribution in [0.1, 0.15) is 22.8 Å². The van der Waals surface area contributed by atoms with Crippen LogP contribution in [0.3, 0.4) is 0 Å². The van der Waals surface area contributed by atoms with Crippen LogP contribution in [0.4, 0.5) is 0 Å². The minimum Gasteiger partial charge on any atom is -0.487 e. The lowest BCUT2D eigenvalue weighted by molar-refractivity contribution is 0.0969. The molecule has 1 aromatic heterocycles. The average molecular weight is 294 g/mol. The van der Waals surface area contributed by atoms with Crippen molar-refractivity contribution in [3.63, 3.8) is 0 Å². The number of carbonyl (C=O) groups excluding carboxylic acids is 1. The van der Waals surface area contributed by atoms with Crippen LogP contribution in [0, 0.1) is 0 Å². The zero-order valence-electron chi connectivity index (χ0n) is 12.4. The topological polar surface area (TPSA) is 68.1 Å². The second-order valence-electron chi connectivity index (χ2n) is 5.31. The van der Waals surface area contributed by atoms with E-state index in [2.05, 4.69) is 4.98 Å². The van der Waals surface area contributed by atoms with E-state index in [4.69, 9.17) is 10.5 Å². The van der Waals surface area contributed by atoms with E-state index < -0.39 is 6.04 Å². The number of ether oxygens (including phenoxy) is 1. The number of benzene rings is 2. The van der Waals surface area contributed by atoms with Crippen molar-refractivity contribution in [2.75, 3.05) is 0 Å². The molecule has 0 amide bonds. The Morgan fingerprint density at radius 2 is 1.95 bits per heavy atom. The van der Waals surface area contributed by atoms with Crippen LogP contribution in [0.15, 0.2) is 54.7 Å².